The zero-order valence-electron chi connectivity index (χ0n) is 10.00. The van der Waals surface area contributed by atoms with Crippen LogP contribution in [0.15, 0.2) is 18.2 Å². The molecule has 1 aliphatic carbocycles. The molecule has 2 unspecified atom stereocenters. The van der Waals surface area contributed by atoms with Crippen molar-refractivity contribution in [3.63, 3.8) is 0 Å². The number of benzene rings is 1. The lowest BCUT2D eigenvalue weighted by Gasteiger charge is -2.06. The van der Waals surface area contributed by atoms with Gasteiger partial charge in [0.05, 0.1) is 12.7 Å². The highest BCUT2D eigenvalue weighted by Crippen LogP contribution is 2.29. The summed E-state index contributed by atoms with van der Waals surface area (Å²) < 4.78 is 18.1. The van der Waals surface area contributed by atoms with E-state index in [2.05, 4.69) is 17.0 Å². The summed E-state index contributed by atoms with van der Waals surface area (Å²) in [6.45, 7) is 2.81. The number of methoxy groups -OCH3 is 1. The topological polar surface area (TPSA) is 38.3 Å². The van der Waals surface area contributed by atoms with E-state index in [9.17, 15) is 9.18 Å². The minimum Gasteiger partial charge on any atom is -0.465 e. The van der Waals surface area contributed by atoms with Crippen LogP contribution in [0.1, 0.15) is 29.3 Å². The molecule has 3 nitrogen and oxygen atoms in total. The SMILES string of the molecule is COC(=O)c1ccc(CNC2CC2C)cc1F. The third-order valence-corrected chi connectivity index (χ3v) is 3.12. The standard InChI is InChI=1S/C13H16FNO2/c1-8-5-12(8)15-7-9-3-4-10(11(14)6-9)13(16)17-2/h3-4,6,8,12,15H,5,7H2,1-2H3. The van der Waals surface area contributed by atoms with Gasteiger partial charge in [0, 0.05) is 12.6 Å². The molecule has 1 saturated carbocycles. The predicted molar refractivity (Wildman–Crippen MR) is 62.1 cm³/mol. The van der Waals surface area contributed by atoms with E-state index in [0.717, 1.165) is 5.56 Å². The van der Waals surface area contributed by atoms with E-state index < -0.39 is 11.8 Å². The highest BCUT2D eigenvalue weighted by molar-refractivity contribution is 5.89. The van der Waals surface area contributed by atoms with E-state index >= 15 is 0 Å². The zero-order chi connectivity index (χ0) is 12.4. The molecule has 92 valence electrons. The number of hydrogen-bond donors (Lipinski definition) is 1. The third kappa shape index (κ3) is 2.82. The molecule has 2 atom stereocenters. The lowest BCUT2D eigenvalue weighted by molar-refractivity contribution is 0.0595. The van der Waals surface area contributed by atoms with E-state index in [1.807, 2.05) is 0 Å². The highest BCUT2D eigenvalue weighted by Gasteiger charge is 2.31. The molecule has 1 N–H and O–H groups in total. The quantitative estimate of drug-likeness (QED) is 0.815. The normalized spacial score (nSPS) is 22.3. The molecule has 0 heterocycles. The highest BCUT2D eigenvalue weighted by atomic mass is 19.1. The van der Waals surface area contributed by atoms with Crippen molar-refractivity contribution in [2.45, 2.75) is 25.9 Å². The van der Waals surface area contributed by atoms with Crippen molar-refractivity contribution in [1.29, 1.82) is 0 Å². The number of hydrogen-bond acceptors (Lipinski definition) is 3. The second-order valence-corrected chi connectivity index (χ2v) is 4.51. The fourth-order valence-electron chi connectivity index (χ4n) is 1.80. The van der Waals surface area contributed by atoms with E-state index in [1.165, 1.54) is 25.7 Å². The van der Waals surface area contributed by atoms with Gasteiger partial charge < -0.3 is 10.1 Å². The molecule has 0 amide bonds. The monoisotopic (exact) mass is 237 g/mol. The molecule has 1 aromatic rings. The van der Waals surface area contributed by atoms with Gasteiger partial charge in [0.25, 0.3) is 0 Å². The molecule has 1 fully saturated rings. The summed E-state index contributed by atoms with van der Waals surface area (Å²) in [5.41, 5.74) is 0.824. The van der Waals surface area contributed by atoms with Gasteiger partial charge in [-0.25, -0.2) is 9.18 Å². The van der Waals surface area contributed by atoms with Crippen molar-refractivity contribution in [2.24, 2.45) is 5.92 Å². The maximum Gasteiger partial charge on any atom is 0.340 e. The van der Waals surface area contributed by atoms with Crippen LogP contribution in [-0.2, 0) is 11.3 Å². The van der Waals surface area contributed by atoms with Crippen LogP contribution >= 0.6 is 0 Å². The maximum atomic E-state index is 13.6. The number of halogens is 1. The Morgan fingerprint density at radius 1 is 1.59 bits per heavy atom. The van der Waals surface area contributed by atoms with Crippen molar-refractivity contribution in [1.82, 2.24) is 5.32 Å². The van der Waals surface area contributed by atoms with Crippen LogP contribution in [0.4, 0.5) is 4.39 Å². The molecule has 0 aliphatic heterocycles. The molecule has 0 radical (unpaired) electrons. The van der Waals surface area contributed by atoms with Crippen LogP contribution in [0.3, 0.4) is 0 Å². The Morgan fingerprint density at radius 3 is 2.82 bits per heavy atom. The molecule has 0 aromatic heterocycles. The van der Waals surface area contributed by atoms with Crippen LogP contribution in [-0.4, -0.2) is 19.1 Å². The van der Waals surface area contributed by atoms with Crippen molar-refractivity contribution in [3.05, 3.63) is 35.1 Å². The largest absolute Gasteiger partial charge is 0.465 e. The van der Waals surface area contributed by atoms with Crippen molar-refractivity contribution in [2.75, 3.05) is 7.11 Å². The van der Waals surface area contributed by atoms with Crippen molar-refractivity contribution >= 4 is 5.97 Å². The van der Waals surface area contributed by atoms with Gasteiger partial charge in [0.1, 0.15) is 5.82 Å². The summed E-state index contributed by atoms with van der Waals surface area (Å²) in [4.78, 5) is 11.2. The van der Waals surface area contributed by atoms with Gasteiger partial charge in [-0.2, -0.15) is 0 Å². The number of rotatable bonds is 4. The average Bonchev–Trinajstić information content (AvgIpc) is 3.02. The fraction of sp³-hybridized carbons (Fsp3) is 0.462. The van der Waals surface area contributed by atoms with Crippen LogP contribution in [0.25, 0.3) is 0 Å². The molecule has 0 spiro atoms. The van der Waals surface area contributed by atoms with E-state index in [-0.39, 0.29) is 5.56 Å². The lowest BCUT2D eigenvalue weighted by Crippen LogP contribution is -2.17. The lowest BCUT2D eigenvalue weighted by atomic mass is 10.1. The van der Waals surface area contributed by atoms with E-state index in [1.54, 1.807) is 6.07 Å². The number of nitrogens with one attached hydrogen (secondary N) is 1. The Balaban J connectivity index is 2.00. The van der Waals surface area contributed by atoms with Crippen LogP contribution in [0, 0.1) is 11.7 Å². The number of esters is 1. The smallest absolute Gasteiger partial charge is 0.340 e. The van der Waals surface area contributed by atoms with Gasteiger partial charge in [-0.1, -0.05) is 13.0 Å². The molecular weight excluding hydrogens is 221 g/mol. The Hall–Kier alpha value is -1.42. The molecular formula is C13H16FNO2. The number of ether oxygens (including phenoxy) is 1. The minimum atomic E-state index is -0.641. The van der Waals surface area contributed by atoms with Crippen molar-refractivity contribution in [3.8, 4) is 0 Å². The first-order chi connectivity index (χ1) is 8.11. The molecule has 0 bridgehead atoms. The van der Waals surface area contributed by atoms with Crippen LogP contribution < -0.4 is 5.32 Å². The van der Waals surface area contributed by atoms with E-state index in [4.69, 9.17) is 0 Å². The Labute approximate surface area is 100.0 Å². The zero-order valence-corrected chi connectivity index (χ0v) is 10.00. The first-order valence-electron chi connectivity index (χ1n) is 5.72. The van der Waals surface area contributed by atoms with Gasteiger partial charge >= 0.3 is 5.97 Å². The summed E-state index contributed by atoms with van der Waals surface area (Å²) in [6, 6.07) is 5.15. The van der Waals surface area contributed by atoms with Gasteiger partial charge in [-0.05, 0) is 30.0 Å². The predicted octanol–water partition coefficient (Wildman–Crippen LogP) is 2.11. The summed E-state index contributed by atoms with van der Waals surface area (Å²) in [5, 5.41) is 3.33. The molecule has 0 saturated heterocycles. The Bertz CT molecular complexity index is 433. The second kappa shape index (κ2) is 4.84. The molecule has 4 heteroatoms. The summed E-state index contributed by atoms with van der Waals surface area (Å²) >= 11 is 0. The van der Waals surface area contributed by atoms with Gasteiger partial charge in [0.15, 0.2) is 0 Å². The van der Waals surface area contributed by atoms with Gasteiger partial charge in [0.2, 0.25) is 0 Å². The van der Waals surface area contributed by atoms with Crippen molar-refractivity contribution < 1.29 is 13.9 Å². The first-order valence-corrected chi connectivity index (χ1v) is 5.72. The molecule has 1 aromatic carbocycles. The van der Waals surface area contributed by atoms with Gasteiger partial charge in [-0.15, -0.1) is 0 Å². The molecule has 1 aliphatic rings. The summed E-state index contributed by atoms with van der Waals surface area (Å²) in [7, 11) is 1.24. The van der Waals surface area contributed by atoms with Gasteiger partial charge in [-0.3, -0.25) is 0 Å². The second-order valence-electron chi connectivity index (χ2n) is 4.51. The third-order valence-electron chi connectivity index (χ3n) is 3.12. The van der Waals surface area contributed by atoms with Crippen LogP contribution in [0.2, 0.25) is 0 Å². The first kappa shape index (κ1) is 12.0. The van der Waals surface area contributed by atoms with Crippen LogP contribution in [0.5, 0.6) is 0 Å². The average molecular weight is 237 g/mol. The van der Waals surface area contributed by atoms with E-state index in [0.29, 0.717) is 18.5 Å². The Kier molecular flexibility index (Phi) is 3.43. The summed E-state index contributed by atoms with van der Waals surface area (Å²) in [5.74, 6) is -0.452. The summed E-state index contributed by atoms with van der Waals surface area (Å²) in [6.07, 6.45) is 1.18. The minimum absolute atomic E-state index is 0.0176. The maximum absolute atomic E-state index is 13.6. The number of carbonyl (C=O) groups excluding carboxylic acids is 1. The molecule has 17 heavy (non-hydrogen) atoms. The number of carbonyl (C=O) groups is 1. The fourth-order valence-corrected chi connectivity index (χ4v) is 1.80. The Morgan fingerprint density at radius 2 is 2.29 bits per heavy atom. The molecule has 2 rings (SSSR count).